The van der Waals surface area contributed by atoms with E-state index < -0.39 is 0 Å². The molecule has 1 aliphatic heterocycles. The van der Waals surface area contributed by atoms with Crippen LogP contribution in [0.25, 0.3) is 0 Å². The SMILES string of the molecule is Cn1ccn(Cc2cc3c(cc2F)CCN(Cc2ccc(Cl)c(Cl)c2)C3=O)c1=N. The van der Waals surface area contributed by atoms with Gasteiger partial charge in [-0.05, 0) is 41.8 Å². The molecule has 150 valence electrons. The molecule has 2 aromatic carbocycles. The first-order chi connectivity index (χ1) is 13.8. The maximum Gasteiger partial charge on any atom is 0.254 e. The van der Waals surface area contributed by atoms with Gasteiger partial charge < -0.3 is 14.0 Å². The molecule has 0 saturated carbocycles. The highest BCUT2D eigenvalue weighted by molar-refractivity contribution is 6.42. The summed E-state index contributed by atoms with van der Waals surface area (Å²) >= 11 is 12.0. The Hall–Kier alpha value is -2.57. The lowest BCUT2D eigenvalue weighted by molar-refractivity contribution is 0.0726. The van der Waals surface area contributed by atoms with E-state index in [0.29, 0.717) is 46.2 Å². The molecule has 5 nitrogen and oxygen atoms in total. The van der Waals surface area contributed by atoms with Crippen molar-refractivity contribution in [1.29, 1.82) is 5.41 Å². The van der Waals surface area contributed by atoms with Crippen LogP contribution in [-0.4, -0.2) is 26.5 Å². The van der Waals surface area contributed by atoms with Crippen molar-refractivity contribution in [1.82, 2.24) is 14.0 Å². The first-order valence-corrected chi connectivity index (χ1v) is 9.90. The maximum absolute atomic E-state index is 14.6. The maximum atomic E-state index is 14.6. The van der Waals surface area contributed by atoms with Crippen LogP contribution in [0.5, 0.6) is 0 Å². The van der Waals surface area contributed by atoms with Gasteiger partial charge >= 0.3 is 0 Å². The van der Waals surface area contributed by atoms with Gasteiger partial charge in [0.05, 0.1) is 16.6 Å². The summed E-state index contributed by atoms with van der Waals surface area (Å²) in [4.78, 5) is 14.8. The van der Waals surface area contributed by atoms with Gasteiger partial charge in [0.15, 0.2) is 0 Å². The highest BCUT2D eigenvalue weighted by Crippen LogP contribution is 2.27. The Morgan fingerprint density at radius 1 is 1.10 bits per heavy atom. The number of hydrogen-bond acceptors (Lipinski definition) is 2. The number of amides is 1. The van der Waals surface area contributed by atoms with Crippen LogP contribution in [0.1, 0.15) is 27.0 Å². The van der Waals surface area contributed by atoms with Gasteiger partial charge in [-0.25, -0.2) is 4.39 Å². The fourth-order valence-electron chi connectivity index (χ4n) is 3.56. The molecule has 0 aliphatic carbocycles. The number of nitrogens with one attached hydrogen (secondary N) is 1. The van der Waals surface area contributed by atoms with Crippen LogP contribution in [-0.2, 0) is 26.6 Å². The smallest absolute Gasteiger partial charge is 0.254 e. The highest BCUT2D eigenvalue weighted by Gasteiger charge is 2.26. The predicted molar refractivity (Wildman–Crippen MR) is 110 cm³/mol. The average Bonchev–Trinajstić information content (AvgIpc) is 3.00. The van der Waals surface area contributed by atoms with Crippen molar-refractivity contribution in [3.63, 3.8) is 0 Å². The summed E-state index contributed by atoms with van der Waals surface area (Å²) in [5, 5.41) is 8.94. The Labute approximate surface area is 177 Å². The molecule has 1 aromatic heterocycles. The number of carbonyl (C=O) groups is 1. The number of aryl methyl sites for hydroxylation is 1. The molecule has 1 amide bonds. The molecule has 0 fully saturated rings. The first-order valence-electron chi connectivity index (χ1n) is 9.14. The topological polar surface area (TPSA) is 54.0 Å². The normalized spacial score (nSPS) is 13.7. The minimum absolute atomic E-state index is 0.136. The molecule has 1 aliphatic rings. The number of aromatic nitrogens is 2. The van der Waals surface area contributed by atoms with E-state index >= 15 is 0 Å². The van der Waals surface area contributed by atoms with E-state index in [1.807, 2.05) is 6.07 Å². The molecule has 0 bridgehead atoms. The number of hydrogen-bond donors (Lipinski definition) is 1. The van der Waals surface area contributed by atoms with Crippen molar-refractivity contribution in [3.8, 4) is 0 Å². The van der Waals surface area contributed by atoms with Crippen LogP contribution in [0.15, 0.2) is 42.7 Å². The number of rotatable bonds is 4. The third-order valence-electron chi connectivity index (χ3n) is 5.22. The first kappa shape index (κ1) is 19.7. The monoisotopic (exact) mass is 432 g/mol. The fourth-order valence-corrected chi connectivity index (χ4v) is 3.88. The lowest BCUT2D eigenvalue weighted by Crippen LogP contribution is -2.37. The van der Waals surface area contributed by atoms with Gasteiger partial charge in [-0.3, -0.25) is 10.2 Å². The summed E-state index contributed by atoms with van der Waals surface area (Å²) in [7, 11) is 1.76. The third-order valence-corrected chi connectivity index (χ3v) is 5.95. The van der Waals surface area contributed by atoms with E-state index in [1.54, 1.807) is 51.7 Å². The van der Waals surface area contributed by atoms with Gasteiger partial charge in [0.2, 0.25) is 5.62 Å². The van der Waals surface area contributed by atoms with Gasteiger partial charge in [0.25, 0.3) is 5.91 Å². The average molecular weight is 433 g/mol. The van der Waals surface area contributed by atoms with E-state index in [4.69, 9.17) is 28.6 Å². The van der Waals surface area contributed by atoms with Gasteiger partial charge in [0.1, 0.15) is 5.82 Å². The van der Waals surface area contributed by atoms with Crippen LogP contribution in [0, 0.1) is 11.2 Å². The Morgan fingerprint density at radius 3 is 2.59 bits per heavy atom. The summed E-state index contributed by atoms with van der Waals surface area (Å²) < 4.78 is 17.9. The second kappa shape index (κ2) is 7.69. The summed E-state index contributed by atoms with van der Waals surface area (Å²) in [6.45, 7) is 1.11. The lowest BCUT2D eigenvalue weighted by Gasteiger charge is -2.29. The number of imidazole rings is 1. The molecule has 4 rings (SSSR count). The van der Waals surface area contributed by atoms with Crippen LogP contribution in [0.2, 0.25) is 10.0 Å². The molecule has 0 atom stereocenters. The summed E-state index contributed by atoms with van der Waals surface area (Å²) in [6.07, 6.45) is 4.05. The quantitative estimate of drug-likeness (QED) is 0.665. The van der Waals surface area contributed by atoms with Crippen molar-refractivity contribution < 1.29 is 9.18 Å². The van der Waals surface area contributed by atoms with Crippen LogP contribution in [0.4, 0.5) is 4.39 Å². The Kier molecular flexibility index (Phi) is 5.23. The molecular formula is C21H19Cl2FN4O. The van der Waals surface area contributed by atoms with Gasteiger partial charge in [0, 0.05) is 43.7 Å². The number of fused-ring (bicyclic) bond motifs is 1. The molecular weight excluding hydrogens is 414 g/mol. The van der Waals surface area contributed by atoms with E-state index in [1.165, 1.54) is 6.07 Å². The van der Waals surface area contributed by atoms with Crippen molar-refractivity contribution in [2.45, 2.75) is 19.5 Å². The second-order valence-corrected chi connectivity index (χ2v) is 8.00. The van der Waals surface area contributed by atoms with Crippen LogP contribution in [0.3, 0.4) is 0 Å². The zero-order chi connectivity index (χ0) is 20.7. The van der Waals surface area contributed by atoms with Gasteiger partial charge in [-0.15, -0.1) is 0 Å². The molecule has 0 unspecified atom stereocenters. The molecule has 3 aromatic rings. The second-order valence-electron chi connectivity index (χ2n) is 7.19. The zero-order valence-electron chi connectivity index (χ0n) is 15.8. The largest absolute Gasteiger partial charge is 0.334 e. The minimum Gasteiger partial charge on any atom is -0.334 e. The molecule has 0 saturated heterocycles. The van der Waals surface area contributed by atoms with Crippen molar-refractivity contribution >= 4 is 29.1 Å². The van der Waals surface area contributed by atoms with Crippen molar-refractivity contribution in [3.05, 3.63) is 86.5 Å². The molecule has 1 N–H and O–H groups in total. The Bertz CT molecular complexity index is 1170. The highest BCUT2D eigenvalue weighted by atomic mass is 35.5. The van der Waals surface area contributed by atoms with E-state index in [0.717, 1.165) is 5.56 Å². The fraction of sp³-hybridized carbons (Fsp3) is 0.238. The standard InChI is InChI=1S/C21H19Cl2FN4O/c1-26-6-7-28(21(26)25)12-15-9-16-14(10-19(15)24)4-5-27(20(16)29)11-13-2-3-17(22)18(23)8-13/h2-3,6-10,25H,4-5,11-12H2,1H3. The van der Waals surface area contributed by atoms with Crippen LogP contribution >= 0.6 is 23.2 Å². The predicted octanol–water partition coefficient (Wildman–Crippen LogP) is 4.00. The van der Waals surface area contributed by atoms with E-state index in [9.17, 15) is 9.18 Å². The van der Waals surface area contributed by atoms with Gasteiger partial charge in [-0.1, -0.05) is 29.3 Å². The Balaban J connectivity index is 1.61. The molecule has 29 heavy (non-hydrogen) atoms. The molecule has 0 spiro atoms. The van der Waals surface area contributed by atoms with Crippen LogP contribution < -0.4 is 5.62 Å². The number of halogens is 3. The molecule has 8 heteroatoms. The summed E-state index contributed by atoms with van der Waals surface area (Å²) in [5.74, 6) is -0.493. The van der Waals surface area contributed by atoms with Crippen molar-refractivity contribution in [2.75, 3.05) is 6.54 Å². The lowest BCUT2D eigenvalue weighted by atomic mass is 9.95. The van der Waals surface area contributed by atoms with E-state index in [-0.39, 0.29) is 23.9 Å². The third kappa shape index (κ3) is 3.82. The minimum atomic E-state index is -0.356. The molecule has 0 radical (unpaired) electrons. The number of benzene rings is 2. The molecule has 2 heterocycles. The summed E-state index contributed by atoms with van der Waals surface area (Å²) in [6, 6.07) is 8.38. The van der Waals surface area contributed by atoms with Crippen molar-refractivity contribution in [2.24, 2.45) is 7.05 Å². The van der Waals surface area contributed by atoms with Gasteiger partial charge in [-0.2, -0.15) is 0 Å². The zero-order valence-corrected chi connectivity index (χ0v) is 17.3. The van der Waals surface area contributed by atoms with E-state index in [2.05, 4.69) is 0 Å². The Morgan fingerprint density at radius 2 is 1.90 bits per heavy atom. The number of carbonyl (C=O) groups excluding carboxylic acids is 1. The summed E-state index contributed by atoms with van der Waals surface area (Å²) in [5.41, 5.74) is 2.76. The number of nitrogens with zero attached hydrogens (tertiary/aromatic N) is 3.